The van der Waals surface area contributed by atoms with Crippen LogP contribution in [-0.2, 0) is 6.54 Å². The lowest BCUT2D eigenvalue weighted by molar-refractivity contribution is -0.0785. The zero-order valence-electron chi connectivity index (χ0n) is 6.39. The molecule has 0 saturated carbocycles. The first kappa shape index (κ1) is 8.69. The van der Waals surface area contributed by atoms with Gasteiger partial charge in [-0.25, -0.2) is 9.78 Å². The number of aromatic nitrogens is 1. The number of carboxylic acids is 1. The Labute approximate surface area is 68.0 Å². The number of hydrogen-bond acceptors (Lipinski definition) is 5. The van der Waals surface area contributed by atoms with Gasteiger partial charge in [0.15, 0.2) is 5.69 Å². The minimum atomic E-state index is -1.15. The van der Waals surface area contributed by atoms with Gasteiger partial charge in [-0.05, 0) is 0 Å². The summed E-state index contributed by atoms with van der Waals surface area (Å²) in [5.41, 5.74) is -0.160. The van der Waals surface area contributed by atoms with Crippen LogP contribution < -0.4 is 0 Å². The number of hydroxylamine groups is 2. The highest BCUT2D eigenvalue weighted by Gasteiger charge is 2.10. The van der Waals surface area contributed by atoms with E-state index in [0.29, 0.717) is 0 Å². The van der Waals surface area contributed by atoms with E-state index in [2.05, 4.69) is 4.98 Å². The second-order valence-corrected chi connectivity index (χ2v) is 2.25. The fourth-order valence-electron chi connectivity index (χ4n) is 0.677. The molecule has 6 heteroatoms. The predicted molar refractivity (Wildman–Crippen MR) is 36.7 cm³/mol. The molecule has 0 unspecified atom stereocenters. The summed E-state index contributed by atoms with van der Waals surface area (Å²) in [7, 11) is 1.41. The molecule has 0 saturated heterocycles. The van der Waals surface area contributed by atoms with Gasteiger partial charge in [-0.3, -0.25) is 0 Å². The maximum Gasteiger partial charge on any atom is 0.357 e. The van der Waals surface area contributed by atoms with Gasteiger partial charge in [0.2, 0.25) is 5.89 Å². The van der Waals surface area contributed by atoms with Crippen LogP contribution in [0, 0.1) is 0 Å². The van der Waals surface area contributed by atoms with Crippen molar-refractivity contribution in [1.82, 2.24) is 10.0 Å². The summed E-state index contributed by atoms with van der Waals surface area (Å²) in [6.07, 6.45) is 1.03. The molecule has 0 atom stereocenters. The predicted octanol–water partition coefficient (Wildman–Crippen LogP) is 0.194. The fraction of sp³-hybridized carbons (Fsp3) is 0.333. The molecule has 2 N–H and O–H groups in total. The van der Waals surface area contributed by atoms with Crippen molar-refractivity contribution in [3.05, 3.63) is 17.8 Å². The Kier molecular flexibility index (Phi) is 2.41. The zero-order chi connectivity index (χ0) is 9.14. The molecule has 0 bridgehead atoms. The van der Waals surface area contributed by atoms with E-state index in [1.165, 1.54) is 7.05 Å². The lowest BCUT2D eigenvalue weighted by atomic mass is 10.5. The van der Waals surface area contributed by atoms with Crippen molar-refractivity contribution in [1.29, 1.82) is 0 Å². The third-order valence-electron chi connectivity index (χ3n) is 1.13. The van der Waals surface area contributed by atoms with Crippen LogP contribution in [0.4, 0.5) is 0 Å². The molecule has 0 spiro atoms. The summed E-state index contributed by atoms with van der Waals surface area (Å²) in [5, 5.41) is 18.0. The van der Waals surface area contributed by atoms with Gasteiger partial charge >= 0.3 is 5.97 Å². The summed E-state index contributed by atoms with van der Waals surface area (Å²) >= 11 is 0. The minimum Gasteiger partial charge on any atom is -0.476 e. The molecule has 0 radical (unpaired) electrons. The van der Waals surface area contributed by atoms with Crippen LogP contribution in [0.2, 0.25) is 0 Å². The lowest BCUT2D eigenvalue weighted by Crippen LogP contribution is -2.12. The third kappa shape index (κ3) is 2.04. The molecule has 0 aliphatic heterocycles. The van der Waals surface area contributed by atoms with E-state index in [1.54, 1.807) is 0 Å². The van der Waals surface area contributed by atoms with E-state index in [-0.39, 0.29) is 18.1 Å². The fourth-order valence-corrected chi connectivity index (χ4v) is 0.677. The molecule has 0 amide bonds. The van der Waals surface area contributed by atoms with Gasteiger partial charge in [0.1, 0.15) is 12.8 Å². The van der Waals surface area contributed by atoms with Crippen LogP contribution in [0.25, 0.3) is 0 Å². The molecular formula is C6H8N2O4. The Morgan fingerprint density at radius 3 is 2.92 bits per heavy atom. The topological polar surface area (TPSA) is 86.8 Å². The number of carbonyl (C=O) groups is 1. The summed E-state index contributed by atoms with van der Waals surface area (Å²) < 4.78 is 4.74. The summed E-state index contributed by atoms with van der Waals surface area (Å²) in [5.74, 6) is -0.983. The van der Waals surface area contributed by atoms with E-state index >= 15 is 0 Å². The second kappa shape index (κ2) is 3.33. The number of hydrogen-bond donors (Lipinski definition) is 2. The highest BCUT2D eigenvalue weighted by atomic mass is 16.5. The number of nitrogens with zero attached hydrogens (tertiary/aromatic N) is 2. The molecule has 1 aromatic heterocycles. The van der Waals surface area contributed by atoms with E-state index in [9.17, 15) is 4.79 Å². The van der Waals surface area contributed by atoms with Crippen molar-refractivity contribution in [2.75, 3.05) is 7.05 Å². The van der Waals surface area contributed by atoms with E-state index < -0.39 is 5.97 Å². The lowest BCUT2D eigenvalue weighted by Gasteiger charge is -2.01. The smallest absolute Gasteiger partial charge is 0.357 e. The van der Waals surface area contributed by atoms with Gasteiger partial charge in [-0.15, -0.1) is 0 Å². The number of oxazole rings is 1. The Hall–Kier alpha value is -1.40. The summed E-state index contributed by atoms with van der Waals surface area (Å²) in [6.45, 7) is 0.0628. The molecule has 1 rings (SSSR count). The first-order valence-corrected chi connectivity index (χ1v) is 3.17. The first-order chi connectivity index (χ1) is 5.59. The van der Waals surface area contributed by atoms with Crippen molar-refractivity contribution in [2.24, 2.45) is 0 Å². The Balaban J connectivity index is 2.71. The summed E-state index contributed by atoms with van der Waals surface area (Å²) in [6, 6.07) is 0. The monoisotopic (exact) mass is 172 g/mol. The maximum atomic E-state index is 10.3. The Morgan fingerprint density at radius 1 is 1.83 bits per heavy atom. The SMILES string of the molecule is CN(O)Cc1nc(C(=O)O)co1. The van der Waals surface area contributed by atoms with Crippen molar-refractivity contribution in [2.45, 2.75) is 6.54 Å². The molecule has 1 aromatic rings. The normalized spacial score (nSPS) is 10.6. The quantitative estimate of drug-likeness (QED) is 0.633. The number of aromatic carboxylic acids is 1. The molecule has 0 aliphatic carbocycles. The van der Waals surface area contributed by atoms with E-state index in [0.717, 1.165) is 11.3 Å². The molecule has 0 aliphatic rings. The van der Waals surface area contributed by atoms with E-state index in [1.807, 2.05) is 0 Å². The maximum absolute atomic E-state index is 10.3. The molecule has 1 heterocycles. The van der Waals surface area contributed by atoms with Crippen LogP contribution in [0.5, 0.6) is 0 Å². The number of rotatable bonds is 3. The van der Waals surface area contributed by atoms with Crippen LogP contribution >= 0.6 is 0 Å². The second-order valence-electron chi connectivity index (χ2n) is 2.25. The van der Waals surface area contributed by atoms with Crippen molar-refractivity contribution in [3.8, 4) is 0 Å². The largest absolute Gasteiger partial charge is 0.476 e. The highest BCUT2D eigenvalue weighted by Crippen LogP contribution is 2.03. The zero-order valence-corrected chi connectivity index (χ0v) is 6.39. The van der Waals surface area contributed by atoms with Crippen molar-refractivity contribution in [3.63, 3.8) is 0 Å². The van der Waals surface area contributed by atoms with Gasteiger partial charge in [0.25, 0.3) is 0 Å². The molecule has 12 heavy (non-hydrogen) atoms. The molecule has 6 nitrogen and oxygen atoms in total. The standard InChI is InChI=1S/C6H8N2O4/c1-8(11)2-5-7-4(3-12-5)6(9)10/h3,11H,2H2,1H3,(H,9,10). The van der Waals surface area contributed by atoms with E-state index in [4.69, 9.17) is 14.7 Å². The van der Waals surface area contributed by atoms with Crippen LogP contribution in [0.15, 0.2) is 10.7 Å². The van der Waals surface area contributed by atoms with Gasteiger partial charge < -0.3 is 14.7 Å². The molecular weight excluding hydrogens is 164 g/mol. The van der Waals surface area contributed by atoms with Crippen LogP contribution in [0.1, 0.15) is 16.4 Å². The Bertz CT molecular complexity index is 281. The average Bonchev–Trinajstić information content (AvgIpc) is 2.34. The van der Waals surface area contributed by atoms with Gasteiger partial charge in [-0.2, -0.15) is 5.06 Å². The first-order valence-electron chi connectivity index (χ1n) is 3.17. The van der Waals surface area contributed by atoms with Crippen LogP contribution in [0.3, 0.4) is 0 Å². The Morgan fingerprint density at radius 2 is 2.50 bits per heavy atom. The van der Waals surface area contributed by atoms with Crippen molar-refractivity contribution >= 4 is 5.97 Å². The van der Waals surface area contributed by atoms with Gasteiger partial charge in [0.05, 0.1) is 0 Å². The third-order valence-corrected chi connectivity index (χ3v) is 1.13. The highest BCUT2D eigenvalue weighted by molar-refractivity contribution is 5.84. The molecule has 0 fully saturated rings. The molecule has 0 aromatic carbocycles. The van der Waals surface area contributed by atoms with Gasteiger partial charge in [-0.1, -0.05) is 0 Å². The average molecular weight is 172 g/mol. The van der Waals surface area contributed by atoms with Crippen LogP contribution in [-0.4, -0.2) is 33.4 Å². The van der Waals surface area contributed by atoms with Gasteiger partial charge in [0, 0.05) is 7.05 Å². The number of carboxylic acid groups (broad SMARTS) is 1. The molecule has 66 valence electrons. The summed E-state index contributed by atoms with van der Waals surface area (Å²) in [4.78, 5) is 13.9. The minimum absolute atomic E-state index is 0.0628. The van der Waals surface area contributed by atoms with Crippen molar-refractivity contribution < 1.29 is 19.5 Å².